The van der Waals surface area contributed by atoms with E-state index in [0.717, 1.165) is 18.5 Å². The third kappa shape index (κ3) is 3.66. The predicted octanol–water partition coefficient (Wildman–Crippen LogP) is 2.69. The van der Waals surface area contributed by atoms with Gasteiger partial charge in [-0.05, 0) is 23.6 Å². The molecule has 0 aliphatic carbocycles. The zero-order valence-corrected chi connectivity index (χ0v) is 16.5. The molecule has 3 aromatic rings. The van der Waals surface area contributed by atoms with Crippen LogP contribution in [0.1, 0.15) is 34.6 Å². The normalized spacial score (nSPS) is 16.6. The van der Waals surface area contributed by atoms with E-state index in [1.54, 1.807) is 18.2 Å². The predicted molar refractivity (Wildman–Crippen MR) is 112 cm³/mol. The average molecular weight is 399 g/mol. The molecule has 7 heteroatoms. The molecular weight excluding hydrogens is 376 g/mol. The van der Waals surface area contributed by atoms with Crippen molar-refractivity contribution < 1.29 is 4.79 Å². The number of benzene rings is 2. The molecule has 1 amide bonds. The van der Waals surface area contributed by atoms with Crippen molar-refractivity contribution in [2.45, 2.75) is 19.4 Å². The maximum Gasteiger partial charge on any atom is 0.275 e. The van der Waals surface area contributed by atoms with E-state index in [0.29, 0.717) is 29.6 Å². The molecule has 1 aliphatic heterocycles. The van der Waals surface area contributed by atoms with Crippen molar-refractivity contribution in [2.24, 2.45) is 0 Å². The summed E-state index contributed by atoms with van der Waals surface area (Å²) >= 11 is 0. The van der Waals surface area contributed by atoms with E-state index in [1.807, 2.05) is 11.0 Å². The highest BCUT2D eigenvalue weighted by molar-refractivity contribution is 6.04. The average Bonchev–Trinajstić information content (AvgIpc) is 2.74. The Morgan fingerprint density at radius 1 is 1.14 bits per heavy atom. The zero-order valence-electron chi connectivity index (χ0n) is 15.6. The van der Waals surface area contributed by atoms with Gasteiger partial charge >= 0.3 is 0 Å². The summed E-state index contributed by atoms with van der Waals surface area (Å²) in [5.41, 5.74) is 2.38. The lowest BCUT2D eigenvalue weighted by atomic mass is 10.00. The Kier molecular flexibility index (Phi) is 6.11. The minimum Gasteiger partial charge on any atom is -0.328 e. The first-order valence-corrected chi connectivity index (χ1v) is 9.27. The number of hydrogen-bond donors (Lipinski definition) is 2. The van der Waals surface area contributed by atoms with Gasteiger partial charge in [-0.25, -0.2) is 5.10 Å². The van der Waals surface area contributed by atoms with Gasteiger partial charge in [0.2, 0.25) is 0 Å². The van der Waals surface area contributed by atoms with Gasteiger partial charge in [-0.3, -0.25) is 9.59 Å². The van der Waals surface area contributed by atoms with Crippen molar-refractivity contribution in [3.63, 3.8) is 0 Å². The lowest BCUT2D eigenvalue weighted by molar-refractivity contribution is 0.0629. The number of carbonyl (C=O) groups excluding carboxylic acids is 1. The van der Waals surface area contributed by atoms with Crippen LogP contribution >= 0.6 is 12.4 Å². The smallest absolute Gasteiger partial charge is 0.275 e. The summed E-state index contributed by atoms with van der Waals surface area (Å²) in [6.45, 7) is 4.14. The standard InChI is InChI=1S/C21H22N4O2.ClH/c1-2-14-7-9-15(10-8-14)18-13-22-11-12-25(18)21(27)19-16-5-3-4-6-17(16)20(26)24-23-19;/h3-10,18,22H,2,11-13H2,1H3,(H,24,26);1H. The number of hydrogen-bond acceptors (Lipinski definition) is 4. The fourth-order valence-corrected chi connectivity index (χ4v) is 3.63. The van der Waals surface area contributed by atoms with Crippen molar-refractivity contribution in [1.29, 1.82) is 0 Å². The van der Waals surface area contributed by atoms with E-state index < -0.39 is 0 Å². The first kappa shape index (κ1) is 20.0. The Morgan fingerprint density at radius 3 is 2.57 bits per heavy atom. The largest absolute Gasteiger partial charge is 0.328 e. The minimum atomic E-state index is -0.283. The van der Waals surface area contributed by atoms with E-state index in [9.17, 15) is 9.59 Å². The molecular formula is C21H23ClN4O2. The number of halogens is 1. The number of piperazine rings is 1. The van der Waals surface area contributed by atoms with Gasteiger partial charge in [-0.2, -0.15) is 5.10 Å². The summed E-state index contributed by atoms with van der Waals surface area (Å²) in [6.07, 6.45) is 0.985. The molecule has 0 radical (unpaired) electrons. The molecule has 1 unspecified atom stereocenters. The molecule has 2 heterocycles. The zero-order chi connectivity index (χ0) is 18.8. The van der Waals surface area contributed by atoms with Gasteiger partial charge in [0.15, 0.2) is 5.69 Å². The number of amides is 1. The van der Waals surface area contributed by atoms with E-state index in [-0.39, 0.29) is 29.9 Å². The Balaban J connectivity index is 0.00000225. The number of aromatic nitrogens is 2. The molecule has 1 fully saturated rings. The van der Waals surface area contributed by atoms with Crippen LogP contribution in [-0.2, 0) is 6.42 Å². The highest BCUT2D eigenvalue weighted by Gasteiger charge is 2.30. The molecule has 2 aromatic carbocycles. The van der Waals surface area contributed by atoms with E-state index in [1.165, 1.54) is 5.56 Å². The van der Waals surface area contributed by atoms with Gasteiger partial charge in [-0.15, -0.1) is 12.4 Å². The summed E-state index contributed by atoms with van der Waals surface area (Å²) in [6, 6.07) is 15.4. The van der Waals surface area contributed by atoms with Crippen LogP contribution in [0.5, 0.6) is 0 Å². The Hall–Kier alpha value is -2.70. The minimum absolute atomic E-state index is 0. The molecule has 0 bridgehead atoms. The number of nitrogens with one attached hydrogen (secondary N) is 2. The first-order chi connectivity index (χ1) is 13.2. The fraction of sp³-hybridized carbons (Fsp3) is 0.286. The van der Waals surface area contributed by atoms with E-state index >= 15 is 0 Å². The molecule has 1 aliphatic rings. The van der Waals surface area contributed by atoms with Crippen LogP contribution in [0.4, 0.5) is 0 Å². The highest BCUT2D eigenvalue weighted by Crippen LogP contribution is 2.25. The number of H-pyrrole nitrogens is 1. The number of aryl methyl sites for hydroxylation is 1. The monoisotopic (exact) mass is 398 g/mol. The van der Waals surface area contributed by atoms with Crippen molar-refractivity contribution in [2.75, 3.05) is 19.6 Å². The summed E-state index contributed by atoms with van der Waals surface area (Å²) in [5, 5.41) is 11.0. The van der Waals surface area contributed by atoms with E-state index in [2.05, 4.69) is 46.7 Å². The van der Waals surface area contributed by atoms with Gasteiger partial charge in [0, 0.05) is 25.0 Å². The summed E-state index contributed by atoms with van der Waals surface area (Å²) in [5.74, 6) is -0.159. The lowest BCUT2D eigenvalue weighted by Crippen LogP contribution is -2.49. The molecule has 4 rings (SSSR count). The summed E-state index contributed by atoms with van der Waals surface area (Å²) < 4.78 is 0. The van der Waals surface area contributed by atoms with Gasteiger partial charge in [0.1, 0.15) is 0 Å². The number of rotatable bonds is 3. The van der Waals surface area contributed by atoms with Crippen LogP contribution in [-0.4, -0.2) is 40.6 Å². The molecule has 1 saturated heterocycles. The van der Waals surface area contributed by atoms with Gasteiger partial charge in [0.25, 0.3) is 11.5 Å². The number of fused-ring (bicyclic) bond motifs is 1. The van der Waals surface area contributed by atoms with Crippen LogP contribution in [0, 0.1) is 0 Å². The van der Waals surface area contributed by atoms with Crippen LogP contribution in [0.2, 0.25) is 0 Å². The van der Waals surface area contributed by atoms with Gasteiger partial charge < -0.3 is 10.2 Å². The lowest BCUT2D eigenvalue weighted by Gasteiger charge is -2.36. The third-order valence-corrected chi connectivity index (χ3v) is 5.18. The highest BCUT2D eigenvalue weighted by atomic mass is 35.5. The Morgan fingerprint density at radius 2 is 1.86 bits per heavy atom. The second kappa shape index (κ2) is 8.54. The maximum atomic E-state index is 13.3. The Bertz CT molecular complexity index is 1030. The first-order valence-electron chi connectivity index (χ1n) is 9.27. The Labute approximate surface area is 169 Å². The van der Waals surface area contributed by atoms with Crippen molar-refractivity contribution in [3.05, 3.63) is 75.7 Å². The van der Waals surface area contributed by atoms with Gasteiger partial charge in [0.05, 0.1) is 11.4 Å². The molecule has 1 atom stereocenters. The van der Waals surface area contributed by atoms with Crippen LogP contribution in [0.25, 0.3) is 10.8 Å². The SMILES string of the molecule is CCc1ccc(C2CNCCN2C(=O)c2n[nH]c(=O)c3ccccc23)cc1.Cl. The molecule has 0 saturated carbocycles. The van der Waals surface area contributed by atoms with Gasteiger partial charge in [-0.1, -0.05) is 49.4 Å². The van der Waals surface area contributed by atoms with Crippen LogP contribution < -0.4 is 10.9 Å². The van der Waals surface area contributed by atoms with Crippen molar-refractivity contribution in [1.82, 2.24) is 20.4 Å². The van der Waals surface area contributed by atoms with Crippen molar-refractivity contribution in [3.8, 4) is 0 Å². The molecule has 0 spiro atoms. The topological polar surface area (TPSA) is 78.1 Å². The van der Waals surface area contributed by atoms with Crippen LogP contribution in [0.15, 0.2) is 53.3 Å². The van der Waals surface area contributed by atoms with Crippen LogP contribution in [0.3, 0.4) is 0 Å². The fourth-order valence-electron chi connectivity index (χ4n) is 3.63. The third-order valence-electron chi connectivity index (χ3n) is 5.18. The van der Waals surface area contributed by atoms with Crippen molar-refractivity contribution >= 4 is 29.1 Å². The quantitative estimate of drug-likeness (QED) is 0.711. The summed E-state index contributed by atoms with van der Waals surface area (Å²) in [4.78, 5) is 27.2. The second-order valence-electron chi connectivity index (χ2n) is 6.76. The maximum absolute atomic E-state index is 13.3. The molecule has 146 valence electrons. The number of carbonyl (C=O) groups is 1. The molecule has 28 heavy (non-hydrogen) atoms. The second-order valence-corrected chi connectivity index (χ2v) is 6.76. The molecule has 6 nitrogen and oxygen atoms in total. The number of nitrogens with zero attached hydrogens (tertiary/aromatic N) is 2. The molecule has 1 aromatic heterocycles. The van der Waals surface area contributed by atoms with E-state index in [4.69, 9.17) is 0 Å². The number of aromatic amines is 1. The summed E-state index contributed by atoms with van der Waals surface area (Å²) in [7, 11) is 0. The molecule has 2 N–H and O–H groups in total.